The molecule has 2 amide bonds. The second-order valence-corrected chi connectivity index (χ2v) is 10.2. The van der Waals surface area contributed by atoms with Crippen LogP contribution in [0.15, 0.2) is 72.6 Å². The lowest BCUT2D eigenvalue weighted by molar-refractivity contribution is -0.135. The minimum atomic E-state index is -0.417. The molecule has 2 aromatic carbocycles. The van der Waals surface area contributed by atoms with Crippen molar-refractivity contribution in [2.24, 2.45) is 0 Å². The number of carbonyl (C=O) groups excluding carboxylic acids is 2. The fourth-order valence-electron chi connectivity index (χ4n) is 4.40. The predicted octanol–water partition coefficient (Wildman–Crippen LogP) is 5.84. The van der Waals surface area contributed by atoms with Gasteiger partial charge in [0.25, 0.3) is 5.91 Å². The summed E-state index contributed by atoms with van der Waals surface area (Å²) in [5.41, 5.74) is 2.66. The number of fused-ring (bicyclic) bond motifs is 1. The lowest BCUT2D eigenvalue weighted by Crippen LogP contribution is -2.47. The van der Waals surface area contributed by atoms with E-state index in [9.17, 15) is 14.0 Å². The van der Waals surface area contributed by atoms with Crippen LogP contribution < -0.4 is 4.74 Å². The smallest absolute Gasteiger partial charge is 0.254 e. The maximum atomic E-state index is 13.5. The molecule has 5 nitrogen and oxygen atoms in total. The molecule has 1 aliphatic rings. The highest BCUT2D eigenvalue weighted by Crippen LogP contribution is 2.34. The normalized spacial score (nSPS) is 14.9. The van der Waals surface area contributed by atoms with Crippen LogP contribution in [-0.2, 0) is 11.2 Å². The van der Waals surface area contributed by atoms with Gasteiger partial charge in [-0.1, -0.05) is 32.1 Å². The summed E-state index contributed by atoms with van der Waals surface area (Å²) in [7, 11) is 0. The number of thiophene rings is 1. The van der Waals surface area contributed by atoms with E-state index in [1.165, 1.54) is 39.6 Å². The second-order valence-electron chi connectivity index (χ2n) is 9.17. The van der Waals surface area contributed by atoms with E-state index in [-0.39, 0.29) is 30.9 Å². The predicted molar refractivity (Wildman–Crippen MR) is 141 cm³/mol. The van der Waals surface area contributed by atoms with E-state index in [0.29, 0.717) is 24.6 Å². The summed E-state index contributed by atoms with van der Waals surface area (Å²) in [5, 5.41) is 2.05. The summed E-state index contributed by atoms with van der Waals surface area (Å²) in [4.78, 5) is 31.1. The molecule has 0 bridgehead atoms. The van der Waals surface area contributed by atoms with Gasteiger partial charge in [-0.2, -0.15) is 0 Å². The van der Waals surface area contributed by atoms with E-state index >= 15 is 0 Å². The number of halogens is 1. The average molecular weight is 507 g/mol. The van der Waals surface area contributed by atoms with E-state index in [4.69, 9.17) is 4.74 Å². The van der Waals surface area contributed by atoms with Crippen LogP contribution in [-0.4, -0.2) is 47.9 Å². The Bertz CT molecular complexity index is 1200. The molecule has 1 atom stereocenters. The standard InChI is InChI=1S/C29H31FN2O3S/c1-4-15-31(29(34)22-5-9-23(30)10-6-22)18-28(33)32-16-13-27-25(14-17-36-27)26(32)19-35-24-11-7-21(8-12-24)20(2)3/h4-12,14,17,20,26H,1,13,15-16,18-19H2,2-3H3. The Kier molecular flexibility index (Phi) is 8.21. The molecule has 1 unspecified atom stereocenters. The van der Waals surface area contributed by atoms with E-state index in [0.717, 1.165) is 17.7 Å². The molecule has 2 heterocycles. The number of benzene rings is 2. The zero-order valence-corrected chi connectivity index (χ0v) is 21.5. The number of rotatable bonds is 9. The highest BCUT2D eigenvalue weighted by Gasteiger charge is 2.33. The quantitative estimate of drug-likeness (QED) is 0.343. The Balaban J connectivity index is 1.50. The van der Waals surface area contributed by atoms with Crippen molar-refractivity contribution < 1.29 is 18.7 Å². The molecule has 0 N–H and O–H groups in total. The molecule has 0 radical (unpaired) electrons. The minimum absolute atomic E-state index is 0.0959. The molecule has 0 spiro atoms. The molecule has 188 valence electrons. The monoisotopic (exact) mass is 506 g/mol. The fraction of sp³-hybridized carbons (Fsp3) is 0.310. The highest BCUT2D eigenvalue weighted by molar-refractivity contribution is 7.10. The molecular formula is C29H31FN2O3S. The zero-order valence-electron chi connectivity index (χ0n) is 20.7. The molecule has 0 fully saturated rings. The van der Waals surface area contributed by atoms with Crippen LogP contribution in [0.2, 0.25) is 0 Å². The molecule has 7 heteroatoms. The van der Waals surface area contributed by atoms with Gasteiger partial charge in [-0.3, -0.25) is 9.59 Å². The third-order valence-electron chi connectivity index (χ3n) is 6.42. The van der Waals surface area contributed by atoms with Crippen molar-refractivity contribution in [3.05, 3.63) is 100 Å². The van der Waals surface area contributed by atoms with Crippen LogP contribution >= 0.6 is 11.3 Å². The van der Waals surface area contributed by atoms with Crippen molar-refractivity contribution in [2.45, 2.75) is 32.2 Å². The fourth-order valence-corrected chi connectivity index (χ4v) is 5.33. The Morgan fingerprint density at radius 2 is 1.89 bits per heavy atom. The second kappa shape index (κ2) is 11.5. The van der Waals surface area contributed by atoms with Crippen molar-refractivity contribution in [3.8, 4) is 5.75 Å². The number of hydrogen-bond donors (Lipinski definition) is 0. The first kappa shape index (κ1) is 25.6. The summed E-state index contributed by atoms with van der Waals surface area (Å²) >= 11 is 1.69. The molecule has 1 aliphatic heterocycles. The Morgan fingerprint density at radius 3 is 2.56 bits per heavy atom. The molecule has 36 heavy (non-hydrogen) atoms. The number of carbonyl (C=O) groups is 2. The van der Waals surface area contributed by atoms with Crippen molar-refractivity contribution in [2.75, 3.05) is 26.2 Å². The summed E-state index contributed by atoms with van der Waals surface area (Å²) in [5.74, 6) is 0.283. The largest absolute Gasteiger partial charge is 0.491 e. The summed E-state index contributed by atoms with van der Waals surface area (Å²) in [6, 6.07) is 15.2. The third kappa shape index (κ3) is 5.85. The first-order chi connectivity index (χ1) is 17.4. The lowest BCUT2D eigenvalue weighted by atomic mass is 10.00. The third-order valence-corrected chi connectivity index (χ3v) is 7.42. The number of nitrogens with zero attached hydrogens (tertiary/aromatic N) is 2. The van der Waals surface area contributed by atoms with Crippen molar-refractivity contribution in [1.29, 1.82) is 0 Å². The topological polar surface area (TPSA) is 49.9 Å². The van der Waals surface area contributed by atoms with Crippen LogP contribution in [0.3, 0.4) is 0 Å². The van der Waals surface area contributed by atoms with Crippen molar-refractivity contribution >= 4 is 23.2 Å². The van der Waals surface area contributed by atoms with Crippen LogP contribution in [0, 0.1) is 5.82 Å². The van der Waals surface area contributed by atoms with E-state index in [1.54, 1.807) is 17.4 Å². The molecule has 1 aromatic heterocycles. The maximum Gasteiger partial charge on any atom is 0.254 e. The Hall–Kier alpha value is -3.45. The van der Waals surface area contributed by atoms with E-state index in [1.807, 2.05) is 22.4 Å². The van der Waals surface area contributed by atoms with Crippen LogP contribution in [0.5, 0.6) is 5.75 Å². The van der Waals surface area contributed by atoms with E-state index in [2.05, 4.69) is 38.6 Å². The SMILES string of the molecule is C=CCN(CC(=O)N1CCc2sccc2C1COc1ccc(C(C)C)cc1)C(=O)c1ccc(F)cc1. The summed E-state index contributed by atoms with van der Waals surface area (Å²) < 4.78 is 19.5. The van der Waals surface area contributed by atoms with E-state index < -0.39 is 5.82 Å². The zero-order chi connectivity index (χ0) is 25.7. The Morgan fingerprint density at radius 1 is 1.17 bits per heavy atom. The number of hydrogen-bond acceptors (Lipinski definition) is 4. The number of ether oxygens (including phenoxy) is 1. The van der Waals surface area contributed by atoms with Gasteiger partial charge in [-0.25, -0.2) is 4.39 Å². The van der Waals surface area contributed by atoms with Gasteiger partial charge in [-0.05, 0) is 71.3 Å². The molecule has 3 aromatic rings. The highest BCUT2D eigenvalue weighted by atomic mass is 32.1. The maximum absolute atomic E-state index is 13.5. The molecule has 4 rings (SSSR count). The average Bonchev–Trinajstić information content (AvgIpc) is 3.36. The first-order valence-electron chi connectivity index (χ1n) is 12.1. The van der Waals surface area contributed by atoms with Gasteiger partial charge >= 0.3 is 0 Å². The lowest BCUT2D eigenvalue weighted by Gasteiger charge is -2.37. The van der Waals surface area contributed by atoms with Crippen molar-refractivity contribution in [1.82, 2.24) is 9.80 Å². The van der Waals surface area contributed by atoms with Crippen molar-refractivity contribution in [3.63, 3.8) is 0 Å². The van der Waals surface area contributed by atoms with Gasteiger partial charge < -0.3 is 14.5 Å². The van der Waals surface area contributed by atoms with Gasteiger partial charge in [0, 0.05) is 23.5 Å². The summed E-state index contributed by atoms with van der Waals surface area (Å²) in [6.07, 6.45) is 2.36. The summed E-state index contributed by atoms with van der Waals surface area (Å²) in [6.45, 7) is 9.02. The minimum Gasteiger partial charge on any atom is -0.491 e. The first-order valence-corrected chi connectivity index (χ1v) is 13.0. The number of amides is 2. The molecule has 0 saturated heterocycles. The van der Waals surface area contributed by atoms with Gasteiger partial charge in [0.15, 0.2) is 0 Å². The van der Waals surface area contributed by atoms with Gasteiger partial charge in [0.05, 0.1) is 6.04 Å². The molecule has 0 aliphatic carbocycles. The molecular weight excluding hydrogens is 475 g/mol. The van der Waals surface area contributed by atoms with Crippen LogP contribution in [0.1, 0.15) is 52.2 Å². The van der Waals surface area contributed by atoms with Crippen LogP contribution in [0.25, 0.3) is 0 Å². The van der Waals surface area contributed by atoms with Gasteiger partial charge in [0.2, 0.25) is 5.91 Å². The Labute approximate surface area is 215 Å². The van der Waals surface area contributed by atoms with Gasteiger partial charge in [0.1, 0.15) is 24.7 Å². The van der Waals surface area contributed by atoms with Gasteiger partial charge in [-0.15, -0.1) is 17.9 Å². The molecule has 0 saturated carbocycles. The van der Waals surface area contributed by atoms with Crippen LogP contribution in [0.4, 0.5) is 4.39 Å².